The fourth-order valence-electron chi connectivity index (χ4n) is 1.92. The van der Waals surface area contributed by atoms with Gasteiger partial charge in [-0.15, -0.1) is 0 Å². The van der Waals surface area contributed by atoms with Crippen LogP contribution in [0.3, 0.4) is 0 Å². The first kappa shape index (κ1) is 17.3. The van der Waals surface area contributed by atoms with Crippen LogP contribution >= 0.6 is 0 Å². The Morgan fingerprint density at radius 3 is 2.05 bits per heavy atom. The predicted molar refractivity (Wildman–Crippen MR) is 82.1 cm³/mol. The molecule has 0 saturated heterocycles. The highest BCUT2D eigenvalue weighted by atomic mass is 16.5. The van der Waals surface area contributed by atoms with Crippen LogP contribution in [-0.4, -0.2) is 48.8 Å². The Labute approximate surface area is 126 Å². The van der Waals surface area contributed by atoms with Gasteiger partial charge in [0.15, 0.2) is 0 Å². The molecule has 0 aromatic heterocycles. The van der Waals surface area contributed by atoms with Crippen LogP contribution in [0.25, 0.3) is 0 Å². The maximum atomic E-state index is 10.7. The third kappa shape index (κ3) is 7.56. The van der Waals surface area contributed by atoms with E-state index >= 15 is 0 Å². The molecule has 0 heterocycles. The van der Waals surface area contributed by atoms with Crippen molar-refractivity contribution < 1.29 is 19.4 Å². The molecule has 5 heteroatoms. The monoisotopic (exact) mass is 295 g/mol. The molecule has 0 fully saturated rings. The molecule has 0 aliphatic carbocycles. The van der Waals surface area contributed by atoms with Gasteiger partial charge in [-0.1, -0.05) is 13.8 Å². The molecule has 0 aliphatic heterocycles. The maximum Gasteiger partial charge on any atom is 0.317 e. The Balaban J connectivity index is 2.34. The van der Waals surface area contributed by atoms with Crippen LogP contribution in [0.5, 0.6) is 11.5 Å². The quantitative estimate of drug-likeness (QED) is 0.680. The third-order valence-corrected chi connectivity index (χ3v) is 2.87. The van der Waals surface area contributed by atoms with Crippen molar-refractivity contribution in [1.29, 1.82) is 0 Å². The zero-order valence-electron chi connectivity index (χ0n) is 12.9. The van der Waals surface area contributed by atoms with Gasteiger partial charge in [-0.3, -0.25) is 9.69 Å². The standard InChI is InChI=1S/C16H25NO4/c1-3-9-17(13-16(18)19)10-12-21-15-7-5-14(6-8-15)20-11-4-2/h5-8H,3-4,9-13H2,1-2H3,(H,18,19). The van der Waals surface area contributed by atoms with Crippen LogP contribution in [-0.2, 0) is 4.79 Å². The fraction of sp³-hybridized carbons (Fsp3) is 0.562. The van der Waals surface area contributed by atoms with Crippen LogP contribution in [0.2, 0.25) is 0 Å². The zero-order chi connectivity index (χ0) is 15.5. The van der Waals surface area contributed by atoms with Gasteiger partial charge in [0.2, 0.25) is 0 Å². The minimum Gasteiger partial charge on any atom is -0.494 e. The molecule has 0 saturated carbocycles. The number of aliphatic carboxylic acids is 1. The average Bonchev–Trinajstić information content (AvgIpc) is 2.46. The van der Waals surface area contributed by atoms with E-state index in [2.05, 4.69) is 6.92 Å². The molecule has 0 radical (unpaired) electrons. The van der Waals surface area contributed by atoms with Gasteiger partial charge >= 0.3 is 5.97 Å². The normalized spacial score (nSPS) is 10.6. The minimum absolute atomic E-state index is 0.0565. The summed E-state index contributed by atoms with van der Waals surface area (Å²) in [5.41, 5.74) is 0. The van der Waals surface area contributed by atoms with Gasteiger partial charge in [0.05, 0.1) is 13.2 Å². The molecule has 5 nitrogen and oxygen atoms in total. The molecule has 21 heavy (non-hydrogen) atoms. The number of ether oxygens (including phenoxy) is 2. The molecule has 1 N–H and O–H groups in total. The van der Waals surface area contributed by atoms with Crippen LogP contribution in [0.1, 0.15) is 26.7 Å². The lowest BCUT2D eigenvalue weighted by Crippen LogP contribution is -2.34. The molecule has 0 spiro atoms. The minimum atomic E-state index is -0.805. The van der Waals surface area contributed by atoms with E-state index in [0.29, 0.717) is 19.8 Å². The molecule has 0 amide bonds. The first-order chi connectivity index (χ1) is 10.2. The Kier molecular flexibility index (Phi) is 8.28. The van der Waals surface area contributed by atoms with Gasteiger partial charge < -0.3 is 14.6 Å². The lowest BCUT2D eigenvalue weighted by molar-refractivity contribution is -0.138. The van der Waals surface area contributed by atoms with Gasteiger partial charge in [0.25, 0.3) is 0 Å². The van der Waals surface area contributed by atoms with Crippen molar-refractivity contribution in [2.45, 2.75) is 26.7 Å². The van der Waals surface area contributed by atoms with Gasteiger partial charge in [0, 0.05) is 6.54 Å². The van der Waals surface area contributed by atoms with Crippen molar-refractivity contribution in [1.82, 2.24) is 4.90 Å². The highest BCUT2D eigenvalue weighted by Crippen LogP contribution is 2.17. The Hall–Kier alpha value is -1.75. The average molecular weight is 295 g/mol. The molecule has 0 atom stereocenters. The van der Waals surface area contributed by atoms with E-state index in [1.54, 1.807) is 0 Å². The SMILES string of the molecule is CCCOc1ccc(OCCN(CCC)CC(=O)O)cc1. The largest absolute Gasteiger partial charge is 0.494 e. The van der Waals surface area contributed by atoms with Gasteiger partial charge in [-0.2, -0.15) is 0 Å². The summed E-state index contributed by atoms with van der Waals surface area (Å²) in [4.78, 5) is 12.6. The lowest BCUT2D eigenvalue weighted by atomic mass is 10.3. The van der Waals surface area contributed by atoms with Gasteiger partial charge in [-0.05, 0) is 43.7 Å². The summed E-state index contributed by atoms with van der Waals surface area (Å²) in [6, 6.07) is 7.50. The van der Waals surface area contributed by atoms with E-state index in [1.165, 1.54) is 0 Å². The van der Waals surface area contributed by atoms with Crippen molar-refractivity contribution in [2.24, 2.45) is 0 Å². The molecule has 118 valence electrons. The molecule has 1 aromatic rings. The second-order valence-corrected chi connectivity index (χ2v) is 4.84. The molecule has 0 unspecified atom stereocenters. The molecule has 1 aromatic carbocycles. The molecular weight excluding hydrogens is 270 g/mol. The van der Waals surface area contributed by atoms with E-state index in [-0.39, 0.29) is 6.54 Å². The Morgan fingerprint density at radius 1 is 1.00 bits per heavy atom. The van der Waals surface area contributed by atoms with E-state index in [9.17, 15) is 4.79 Å². The van der Waals surface area contributed by atoms with Crippen LogP contribution in [0.15, 0.2) is 24.3 Å². The Bertz CT molecular complexity index is 405. The highest BCUT2D eigenvalue weighted by Gasteiger charge is 2.08. The molecular formula is C16H25NO4. The second kappa shape index (κ2) is 10.0. The van der Waals surface area contributed by atoms with Crippen LogP contribution in [0, 0.1) is 0 Å². The summed E-state index contributed by atoms with van der Waals surface area (Å²) in [7, 11) is 0. The van der Waals surface area contributed by atoms with Gasteiger partial charge in [-0.25, -0.2) is 0 Å². The topological polar surface area (TPSA) is 59.0 Å². The van der Waals surface area contributed by atoms with E-state index in [4.69, 9.17) is 14.6 Å². The summed E-state index contributed by atoms with van der Waals surface area (Å²) >= 11 is 0. The summed E-state index contributed by atoms with van der Waals surface area (Å²) in [6.45, 7) is 6.71. The highest BCUT2D eigenvalue weighted by molar-refractivity contribution is 5.69. The van der Waals surface area contributed by atoms with Crippen molar-refractivity contribution >= 4 is 5.97 Å². The fourth-order valence-corrected chi connectivity index (χ4v) is 1.92. The molecule has 0 bridgehead atoms. The van der Waals surface area contributed by atoms with Crippen LogP contribution < -0.4 is 9.47 Å². The van der Waals surface area contributed by atoms with E-state index in [0.717, 1.165) is 30.9 Å². The van der Waals surface area contributed by atoms with Crippen molar-refractivity contribution in [3.05, 3.63) is 24.3 Å². The van der Waals surface area contributed by atoms with Crippen molar-refractivity contribution in [3.8, 4) is 11.5 Å². The summed E-state index contributed by atoms with van der Waals surface area (Å²) in [5, 5.41) is 8.83. The second-order valence-electron chi connectivity index (χ2n) is 4.84. The Morgan fingerprint density at radius 2 is 1.57 bits per heavy atom. The number of benzene rings is 1. The number of hydrogen-bond donors (Lipinski definition) is 1. The summed E-state index contributed by atoms with van der Waals surface area (Å²) < 4.78 is 11.1. The zero-order valence-corrected chi connectivity index (χ0v) is 12.9. The number of hydrogen-bond acceptors (Lipinski definition) is 4. The number of carboxylic acids is 1. The first-order valence-electron chi connectivity index (χ1n) is 7.45. The number of carboxylic acid groups (broad SMARTS) is 1. The van der Waals surface area contributed by atoms with Gasteiger partial charge in [0.1, 0.15) is 18.1 Å². The molecule has 0 aliphatic rings. The van der Waals surface area contributed by atoms with E-state index < -0.39 is 5.97 Å². The third-order valence-electron chi connectivity index (χ3n) is 2.87. The summed E-state index contributed by atoms with van der Waals surface area (Å²) in [6.07, 6.45) is 1.91. The first-order valence-corrected chi connectivity index (χ1v) is 7.45. The number of carbonyl (C=O) groups is 1. The smallest absolute Gasteiger partial charge is 0.317 e. The maximum absolute atomic E-state index is 10.7. The summed E-state index contributed by atoms with van der Waals surface area (Å²) in [5.74, 6) is 0.800. The van der Waals surface area contributed by atoms with Crippen molar-refractivity contribution in [2.75, 3.05) is 32.8 Å². The lowest BCUT2D eigenvalue weighted by Gasteiger charge is -2.19. The van der Waals surface area contributed by atoms with Crippen LogP contribution in [0.4, 0.5) is 0 Å². The number of nitrogens with zero attached hydrogens (tertiary/aromatic N) is 1. The van der Waals surface area contributed by atoms with E-state index in [1.807, 2.05) is 36.1 Å². The van der Waals surface area contributed by atoms with Crippen molar-refractivity contribution in [3.63, 3.8) is 0 Å². The number of rotatable bonds is 11. The molecule has 1 rings (SSSR count). The predicted octanol–water partition coefficient (Wildman–Crippen LogP) is 2.65.